The number of fused-ring (bicyclic) bond motifs is 3. The van der Waals surface area contributed by atoms with Gasteiger partial charge in [0.1, 0.15) is 5.75 Å². The summed E-state index contributed by atoms with van der Waals surface area (Å²) in [5, 5.41) is 4.55. The maximum Gasteiger partial charge on any atom is 0.128 e. The molecule has 0 aromatic heterocycles. The molecule has 4 rings (SSSR count). The number of hydrazone groups is 1. The van der Waals surface area contributed by atoms with Crippen molar-refractivity contribution in [3.05, 3.63) is 64.1 Å². The second kappa shape index (κ2) is 4.63. The Morgan fingerprint density at radius 2 is 1.90 bits per heavy atom. The van der Waals surface area contributed by atoms with E-state index in [1.165, 1.54) is 5.56 Å². The number of nitrogens with one attached hydrogen (secondary N) is 1. The zero-order valence-electron chi connectivity index (χ0n) is 10.7. The smallest absolute Gasteiger partial charge is 0.128 e. The SMILES string of the molecule is Brc1ccc([C@@H]2NN=C3c4ccccc4OC[C@H]32)cc1. The summed E-state index contributed by atoms with van der Waals surface area (Å²) in [4.78, 5) is 0. The van der Waals surface area contributed by atoms with Gasteiger partial charge < -0.3 is 10.2 Å². The Kier molecular flexibility index (Phi) is 2.77. The predicted octanol–water partition coefficient (Wildman–Crippen LogP) is 3.51. The summed E-state index contributed by atoms with van der Waals surface area (Å²) in [6.07, 6.45) is 0. The largest absolute Gasteiger partial charge is 0.492 e. The van der Waals surface area contributed by atoms with Crippen molar-refractivity contribution in [2.24, 2.45) is 11.0 Å². The van der Waals surface area contributed by atoms with Crippen LogP contribution < -0.4 is 10.2 Å². The Bertz CT molecular complexity index is 681. The van der Waals surface area contributed by atoms with Gasteiger partial charge >= 0.3 is 0 Å². The molecule has 100 valence electrons. The lowest BCUT2D eigenvalue weighted by molar-refractivity contribution is 0.254. The molecule has 0 saturated heterocycles. The van der Waals surface area contributed by atoms with Crippen LogP contribution in [0.15, 0.2) is 58.1 Å². The first-order valence-electron chi connectivity index (χ1n) is 6.64. The maximum atomic E-state index is 5.88. The van der Waals surface area contributed by atoms with Crippen molar-refractivity contribution in [2.75, 3.05) is 6.61 Å². The Balaban J connectivity index is 1.69. The van der Waals surface area contributed by atoms with Crippen molar-refractivity contribution < 1.29 is 4.74 Å². The van der Waals surface area contributed by atoms with Gasteiger partial charge in [-0.3, -0.25) is 0 Å². The summed E-state index contributed by atoms with van der Waals surface area (Å²) in [5.41, 5.74) is 6.72. The highest BCUT2D eigenvalue weighted by Gasteiger charge is 2.38. The number of para-hydroxylation sites is 1. The van der Waals surface area contributed by atoms with Crippen molar-refractivity contribution in [2.45, 2.75) is 6.04 Å². The molecule has 2 aliphatic heterocycles. The van der Waals surface area contributed by atoms with E-state index >= 15 is 0 Å². The summed E-state index contributed by atoms with van der Waals surface area (Å²) < 4.78 is 6.97. The minimum atomic E-state index is 0.187. The molecule has 4 heteroatoms. The van der Waals surface area contributed by atoms with Crippen molar-refractivity contribution in [3.63, 3.8) is 0 Å². The average Bonchev–Trinajstić information content (AvgIpc) is 2.92. The van der Waals surface area contributed by atoms with E-state index < -0.39 is 0 Å². The Hall–Kier alpha value is -1.81. The summed E-state index contributed by atoms with van der Waals surface area (Å²) in [7, 11) is 0. The molecule has 2 aromatic carbocycles. The van der Waals surface area contributed by atoms with Crippen LogP contribution in [0.4, 0.5) is 0 Å². The zero-order chi connectivity index (χ0) is 13.5. The van der Waals surface area contributed by atoms with Gasteiger partial charge in [0, 0.05) is 10.0 Å². The Morgan fingerprint density at radius 1 is 1.10 bits per heavy atom. The van der Waals surface area contributed by atoms with Gasteiger partial charge in [-0.05, 0) is 29.8 Å². The number of halogens is 1. The molecule has 0 spiro atoms. The van der Waals surface area contributed by atoms with Gasteiger partial charge in [0.05, 0.1) is 24.3 Å². The average molecular weight is 329 g/mol. The van der Waals surface area contributed by atoms with Crippen LogP contribution in [0.3, 0.4) is 0 Å². The number of benzene rings is 2. The molecule has 0 bridgehead atoms. The van der Waals surface area contributed by atoms with E-state index in [0.717, 1.165) is 21.5 Å². The van der Waals surface area contributed by atoms with Crippen molar-refractivity contribution >= 4 is 21.6 Å². The van der Waals surface area contributed by atoms with Crippen LogP contribution >= 0.6 is 15.9 Å². The van der Waals surface area contributed by atoms with Crippen LogP contribution in [0, 0.1) is 5.92 Å². The number of nitrogens with zero attached hydrogens (tertiary/aromatic N) is 1. The van der Waals surface area contributed by atoms with Gasteiger partial charge in [-0.25, -0.2) is 0 Å². The van der Waals surface area contributed by atoms with Crippen LogP contribution in [0.25, 0.3) is 0 Å². The standard InChI is InChI=1S/C16H13BrN2O/c17-11-7-5-10(6-8-11)15-13-9-20-14-4-2-1-3-12(14)16(13)19-18-15/h1-8,13,15,18H,9H2/t13-,15-/m0/s1. The van der Waals surface area contributed by atoms with Crippen LogP contribution in [0.1, 0.15) is 17.2 Å². The maximum absolute atomic E-state index is 5.88. The van der Waals surface area contributed by atoms with Gasteiger partial charge in [-0.2, -0.15) is 5.10 Å². The molecule has 1 N–H and O–H groups in total. The molecule has 0 aliphatic carbocycles. The lowest BCUT2D eigenvalue weighted by atomic mass is 9.86. The van der Waals surface area contributed by atoms with E-state index in [0.29, 0.717) is 6.61 Å². The van der Waals surface area contributed by atoms with E-state index in [1.54, 1.807) is 0 Å². The minimum Gasteiger partial charge on any atom is -0.492 e. The Morgan fingerprint density at radius 3 is 2.75 bits per heavy atom. The summed E-state index contributed by atoms with van der Waals surface area (Å²) in [6, 6.07) is 16.7. The molecular weight excluding hydrogens is 316 g/mol. The predicted molar refractivity (Wildman–Crippen MR) is 82.0 cm³/mol. The van der Waals surface area contributed by atoms with E-state index in [9.17, 15) is 0 Å². The van der Waals surface area contributed by atoms with Gasteiger partial charge in [-0.1, -0.05) is 40.2 Å². The van der Waals surface area contributed by atoms with Crippen LogP contribution in [0.5, 0.6) is 5.75 Å². The monoisotopic (exact) mass is 328 g/mol. The summed E-state index contributed by atoms with van der Waals surface area (Å²) in [6.45, 7) is 0.670. The third-order valence-electron chi connectivity index (χ3n) is 3.89. The molecule has 2 atom stereocenters. The number of ether oxygens (including phenoxy) is 1. The number of rotatable bonds is 1. The van der Waals surface area contributed by atoms with Crippen LogP contribution in [-0.4, -0.2) is 12.3 Å². The number of hydrogen-bond donors (Lipinski definition) is 1. The highest BCUT2D eigenvalue weighted by atomic mass is 79.9. The third-order valence-corrected chi connectivity index (χ3v) is 4.42. The fourth-order valence-corrected chi connectivity index (χ4v) is 3.13. The van der Waals surface area contributed by atoms with Crippen LogP contribution in [0.2, 0.25) is 0 Å². The lowest BCUT2D eigenvalue weighted by Gasteiger charge is -2.26. The van der Waals surface area contributed by atoms with Gasteiger partial charge in [-0.15, -0.1) is 0 Å². The van der Waals surface area contributed by atoms with Crippen LogP contribution in [-0.2, 0) is 0 Å². The Labute approximate surface area is 125 Å². The van der Waals surface area contributed by atoms with Gasteiger partial charge in [0.15, 0.2) is 0 Å². The highest BCUT2D eigenvalue weighted by molar-refractivity contribution is 9.10. The first-order valence-corrected chi connectivity index (χ1v) is 7.43. The van der Waals surface area contributed by atoms with Gasteiger partial charge in [0.2, 0.25) is 0 Å². The molecule has 2 heterocycles. The fraction of sp³-hybridized carbons (Fsp3) is 0.188. The fourth-order valence-electron chi connectivity index (χ4n) is 2.87. The number of hydrogen-bond acceptors (Lipinski definition) is 3. The van der Waals surface area contributed by atoms with E-state index in [-0.39, 0.29) is 12.0 Å². The molecule has 0 saturated carbocycles. The second-order valence-electron chi connectivity index (χ2n) is 5.07. The van der Waals surface area contributed by atoms with Gasteiger partial charge in [0.25, 0.3) is 0 Å². The first kappa shape index (κ1) is 12.0. The lowest BCUT2D eigenvalue weighted by Crippen LogP contribution is -2.31. The van der Waals surface area contributed by atoms with E-state index in [4.69, 9.17) is 4.74 Å². The zero-order valence-corrected chi connectivity index (χ0v) is 12.3. The third kappa shape index (κ3) is 1.83. The molecule has 3 nitrogen and oxygen atoms in total. The summed E-state index contributed by atoms with van der Waals surface area (Å²) in [5.74, 6) is 1.20. The normalized spacial score (nSPS) is 23.1. The molecule has 2 aromatic rings. The molecule has 0 amide bonds. The molecule has 0 fully saturated rings. The van der Waals surface area contributed by atoms with Crippen molar-refractivity contribution in [1.29, 1.82) is 0 Å². The second-order valence-corrected chi connectivity index (χ2v) is 5.98. The molecule has 2 aliphatic rings. The van der Waals surface area contributed by atoms with Crippen molar-refractivity contribution in [3.8, 4) is 5.75 Å². The molecular formula is C16H13BrN2O. The topological polar surface area (TPSA) is 33.6 Å². The molecule has 0 radical (unpaired) electrons. The van der Waals surface area contributed by atoms with Crippen molar-refractivity contribution in [1.82, 2.24) is 5.43 Å². The highest BCUT2D eigenvalue weighted by Crippen LogP contribution is 2.37. The first-order chi connectivity index (χ1) is 9.83. The quantitative estimate of drug-likeness (QED) is 0.869. The molecule has 0 unspecified atom stereocenters. The van der Waals surface area contributed by atoms with E-state index in [2.05, 4.69) is 56.8 Å². The summed E-state index contributed by atoms with van der Waals surface area (Å²) >= 11 is 3.47. The molecule has 20 heavy (non-hydrogen) atoms. The minimum absolute atomic E-state index is 0.187. The van der Waals surface area contributed by atoms with E-state index in [1.807, 2.05) is 18.2 Å².